The summed E-state index contributed by atoms with van der Waals surface area (Å²) in [6.45, 7) is 5.67. The average molecular weight is 230 g/mol. The SMILES string of the molecule is CCN(C1CC1)C1CCNCc2ccccc21. The van der Waals surface area contributed by atoms with E-state index in [1.54, 1.807) is 5.56 Å². The maximum absolute atomic E-state index is 3.55. The van der Waals surface area contributed by atoms with Crippen molar-refractivity contribution >= 4 is 0 Å². The van der Waals surface area contributed by atoms with Crippen LogP contribution in [0.15, 0.2) is 24.3 Å². The van der Waals surface area contributed by atoms with Crippen LogP contribution in [-0.2, 0) is 6.54 Å². The highest BCUT2D eigenvalue weighted by molar-refractivity contribution is 5.31. The Balaban J connectivity index is 1.92. The Labute approximate surface area is 104 Å². The van der Waals surface area contributed by atoms with Crippen LogP contribution >= 0.6 is 0 Å². The van der Waals surface area contributed by atoms with E-state index < -0.39 is 0 Å². The predicted octanol–water partition coefficient (Wildman–Crippen LogP) is 2.71. The summed E-state index contributed by atoms with van der Waals surface area (Å²) in [4.78, 5) is 2.71. The van der Waals surface area contributed by atoms with E-state index in [2.05, 4.69) is 41.4 Å². The zero-order valence-corrected chi connectivity index (χ0v) is 10.7. The van der Waals surface area contributed by atoms with Crippen LogP contribution < -0.4 is 5.32 Å². The standard InChI is InChI=1S/C15H22N2/c1-2-17(13-7-8-13)15-9-10-16-11-12-5-3-4-6-14(12)15/h3-6,13,15-16H,2,7-11H2,1H3. The molecule has 1 fully saturated rings. The predicted molar refractivity (Wildman–Crippen MR) is 70.9 cm³/mol. The van der Waals surface area contributed by atoms with Gasteiger partial charge >= 0.3 is 0 Å². The quantitative estimate of drug-likeness (QED) is 0.859. The number of benzene rings is 1. The minimum atomic E-state index is 0.638. The summed E-state index contributed by atoms with van der Waals surface area (Å²) in [5, 5.41) is 3.55. The number of nitrogens with one attached hydrogen (secondary N) is 1. The van der Waals surface area contributed by atoms with Gasteiger partial charge in [-0.1, -0.05) is 31.2 Å². The Morgan fingerprint density at radius 3 is 2.82 bits per heavy atom. The molecular weight excluding hydrogens is 208 g/mol. The highest BCUT2D eigenvalue weighted by Gasteiger charge is 2.34. The molecule has 2 heteroatoms. The van der Waals surface area contributed by atoms with Crippen molar-refractivity contribution in [3.8, 4) is 0 Å². The van der Waals surface area contributed by atoms with Crippen LogP contribution in [0.1, 0.15) is 43.4 Å². The Bertz CT molecular complexity index is 384. The number of rotatable bonds is 3. The summed E-state index contributed by atoms with van der Waals surface area (Å²) in [6.07, 6.45) is 4.06. The summed E-state index contributed by atoms with van der Waals surface area (Å²) in [7, 11) is 0. The van der Waals surface area contributed by atoms with Gasteiger partial charge in [0.2, 0.25) is 0 Å². The van der Waals surface area contributed by atoms with Gasteiger partial charge < -0.3 is 5.32 Å². The topological polar surface area (TPSA) is 15.3 Å². The molecule has 0 amide bonds. The van der Waals surface area contributed by atoms with E-state index in [1.165, 1.54) is 31.4 Å². The first-order valence-electron chi connectivity index (χ1n) is 6.94. The number of hydrogen-bond acceptors (Lipinski definition) is 2. The van der Waals surface area contributed by atoms with Crippen molar-refractivity contribution in [2.45, 2.75) is 44.8 Å². The molecule has 0 bridgehead atoms. The fourth-order valence-corrected chi connectivity index (χ4v) is 3.12. The molecule has 17 heavy (non-hydrogen) atoms. The van der Waals surface area contributed by atoms with Crippen LogP contribution in [-0.4, -0.2) is 24.0 Å². The molecule has 1 N–H and O–H groups in total. The van der Waals surface area contributed by atoms with Crippen LogP contribution in [0.5, 0.6) is 0 Å². The molecule has 1 heterocycles. The normalized spacial score (nSPS) is 24.5. The van der Waals surface area contributed by atoms with Gasteiger partial charge in [0, 0.05) is 18.6 Å². The van der Waals surface area contributed by atoms with Crippen LogP contribution in [0.2, 0.25) is 0 Å². The van der Waals surface area contributed by atoms with E-state index in [9.17, 15) is 0 Å². The second-order valence-electron chi connectivity index (χ2n) is 5.24. The van der Waals surface area contributed by atoms with Gasteiger partial charge in [0.1, 0.15) is 0 Å². The van der Waals surface area contributed by atoms with Crippen molar-refractivity contribution in [2.75, 3.05) is 13.1 Å². The van der Waals surface area contributed by atoms with E-state index >= 15 is 0 Å². The van der Waals surface area contributed by atoms with Gasteiger partial charge in [0.25, 0.3) is 0 Å². The second-order valence-corrected chi connectivity index (χ2v) is 5.24. The van der Waals surface area contributed by atoms with E-state index in [0.29, 0.717) is 6.04 Å². The average Bonchev–Trinajstić information content (AvgIpc) is 3.18. The van der Waals surface area contributed by atoms with Gasteiger partial charge in [-0.25, -0.2) is 0 Å². The highest BCUT2D eigenvalue weighted by atomic mass is 15.2. The number of nitrogens with zero attached hydrogens (tertiary/aromatic N) is 1. The first-order valence-corrected chi connectivity index (χ1v) is 6.94. The van der Waals surface area contributed by atoms with Crippen molar-refractivity contribution in [3.05, 3.63) is 35.4 Å². The molecule has 0 spiro atoms. The lowest BCUT2D eigenvalue weighted by atomic mass is 9.97. The molecule has 1 atom stereocenters. The second kappa shape index (κ2) is 4.79. The maximum atomic E-state index is 3.55. The summed E-state index contributed by atoms with van der Waals surface area (Å²) in [5.74, 6) is 0. The molecule has 1 aliphatic heterocycles. The van der Waals surface area contributed by atoms with E-state index in [4.69, 9.17) is 0 Å². The summed E-state index contributed by atoms with van der Waals surface area (Å²) < 4.78 is 0. The minimum absolute atomic E-state index is 0.638. The lowest BCUT2D eigenvalue weighted by Gasteiger charge is -2.31. The van der Waals surface area contributed by atoms with Gasteiger partial charge in [-0.2, -0.15) is 0 Å². The molecule has 2 nitrogen and oxygen atoms in total. The van der Waals surface area contributed by atoms with Crippen molar-refractivity contribution in [1.29, 1.82) is 0 Å². The van der Waals surface area contributed by atoms with E-state index in [-0.39, 0.29) is 0 Å². The third-order valence-electron chi connectivity index (χ3n) is 4.11. The van der Waals surface area contributed by atoms with Gasteiger partial charge in [-0.15, -0.1) is 0 Å². The Morgan fingerprint density at radius 1 is 1.24 bits per heavy atom. The minimum Gasteiger partial charge on any atom is -0.313 e. The molecule has 1 aromatic rings. The molecule has 1 aromatic carbocycles. The summed E-state index contributed by atoms with van der Waals surface area (Å²) in [5.41, 5.74) is 3.06. The zero-order valence-electron chi connectivity index (χ0n) is 10.7. The molecule has 1 saturated carbocycles. The third kappa shape index (κ3) is 2.24. The molecule has 0 saturated heterocycles. The molecule has 1 unspecified atom stereocenters. The first kappa shape index (κ1) is 11.2. The largest absolute Gasteiger partial charge is 0.313 e. The Morgan fingerprint density at radius 2 is 2.06 bits per heavy atom. The van der Waals surface area contributed by atoms with Gasteiger partial charge in [-0.3, -0.25) is 4.90 Å². The molecule has 1 aliphatic carbocycles. The first-order chi connectivity index (χ1) is 8.40. The molecule has 0 aromatic heterocycles. The summed E-state index contributed by atoms with van der Waals surface area (Å²) in [6, 6.07) is 10.5. The highest BCUT2D eigenvalue weighted by Crippen LogP contribution is 2.37. The van der Waals surface area contributed by atoms with Crippen molar-refractivity contribution in [1.82, 2.24) is 10.2 Å². The molecule has 92 valence electrons. The van der Waals surface area contributed by atoms with Crippen LogP contribution in [0.3, 0.4) is 0 Å². The third-order valence-corrected chi connectivity index (χ3v) is 4.11. The molecule has 2 aliphatic rings. The number of fused-ring (bicyclic) bond motifs is 1. The molecular formula is C15H22N2. The zero-order chi connectivity index (χ0) is 11.7. The lowest BCUT2D eigenvalue weighted by Crippen LogP contribution is -2.31. The molecule has 3 rings (SSSR count). The summed E-state index contributed by atoms with van der Waals surface area (Å²) >= 11 is 0. The Hall–Kier alpha value is -0.860. The van der Waals surface area contributed by atoms with Crippen LogP contribution in [0, 0.1) is 0 Å². The Kier molecular flexibility index (Phi) is 3.17. The smallest absolute Gasteiger partial charge is 0.0366 e. The fourth-order valence-electron chi connectivity index (χ4n) is 3.12. The van der Waals surface area contributed by atoms with Crippen LogP contribution in [0.4, 0.5) is 0 Å². The van der Waals surface area contributed by atoms with Gasteiger partial charge in [-0.05, 0) is 43.5 Å². The monoisotopic (exact) mass is 230 g/mol. The van der Waals surface area contributed by atoms with Crippen molar-refractivity contribution in [3.63, 3.8) is 0 Å². The van der Waals surface area contributed by atoms with Gasteiger partial charge in [0.05, 0.1) is 0 Å². The van der Waals surface area contributed by atoms with Crippen molar-refractivity contribution in [2.24, 2.45) is 0 Å². The van der Waals surface area contributed by atoms with Crippen molar-refractivity contribution < 1.29 is 0 Å². The lowest BCUT2D eigenvalue weighted by molar-refractivity contribution is 0.189. The fraction of sp³-hybridized carbons (Fsp3) is 0.600. The molecule has 0 radical (unpaired) electrons. The van der Waals surface area contributed by atoms with E-state index in [1.807, 2.05) is 0 Å². The van der Waals surface area contributed by atoms with E-state index in [0.717, 1.165) is 19.1 Å². The van der Waals surface area contributed by atoms with Crippen LogP contribution in [0.25, 0.3) is 0 Å². The maximum Gasteiger partial charge on any atom is 0.0366 e. The number of hydrogen-bond donors (Lipinski definition) is 1. The van der Waals surface area contributed by atoms with Gasteiger partial charge in [0.15, 0.2) is 0 Å².